The molecule has 2 aliphatic heterocycles. The second kappa shape index (κ2) is 4.60. The van der Waals surface area contributed by atoms with Crippen LogP contribution in [0.25, 0.3) is 0 Å². The summed E-state index contributed by atoms with van der Waals surface area (Å²) in [5.41, 5.74) is -0.202. The van der Waals surface area contributed by atoms with Gasteiger partial charge < -0.3 is 10.1 Å². The van der Waals surface area contributed by atoms with Crippen molar-refractivity contribution in [2.75, 3.05) is 20.2 Å². The lowest BCUT2D eigenvalue weighted by Gasteiger charge is -2.25. The first kappa shape index (κ1) is 13.1. The number of nitrogens with zero attached hydrogens (tertiary/aromatic N) is 1. The Labute approximate surface area is 113 Å². The van der Waals surface area contributed by atoms with Gasteiger partial charge in [0, 0.05) is 20.2 Å². The standard InChI is InChI=1S/C13H12F2N2O3/c1-20-11-5-16-4-10(11)17-12(18)6-2-8(14)9(15)3-7(6)13(17)19/h2-3,10-11,16H,4-5H2,1H3/t10?,11-/m0/s1. The summed E-state index contributed by atoms with van der Waals surface area (Å²) < 4.78 is 31.7. The van der Waals surface area contributed by atoms with Crippen LogP contribution in [-0.2, 0) is 4.74 Å². The summed E-state index contributed by atoms with van der Waals surface area (Å²) in [6.45, 7) is 0.909. The maximum absolute atomic E-state index is 13.2. The monoisotopic (exact) mass is 282 g/mol. The van der Waals surface area contributed by atoms with Gasteiger partial charge in [0.1, 0.15) is 0 Å². The van der Waals surface area contributed by atoms with Crippen LogP contribution < -0.4 is 5.32 Å². The van der Waals surface area contributed by atoms with Gasteiger partial charge in [0.05, 0.1) is 23.3 Å². The van der Waals surface area contributed by atoms with Crippen LogP contribution in [0.4, 0.5) is 8.78 Å². The lowest BCUT2D eigenvalue weighted by atomic mass is 10.1. The topological polar surface area (TPSA) is 58.6 Å². The highest BCUT2D eigenvalue weighted by Crippen LogP contribution is 2.29. The lowest BCUT2D eigenvalue weighted by Crippen LogP contribution is -2.47. The van der Waals surface area contributed by atoms with Crippen LogP contribution in [0.15, 0.2) is 12.1 Å². The molecule has 1 aromatic rings. The molecular weight excluding hydrogens is 270 g/mol. The second-order valence-electron chi connectivity index (χ2n) is 4.79. The van der Waals surface area contributed by atoms with Crippen LogP contribution in [-0.4, -0.2) is 49.1 Å². The fraction of sp³-hybridized carbons (Fsp3) is 0.385. The van der Waals surface area contributed by atoms with Crippen LogP contribution in [0.1, 0.15) is 20.7 Å². The largest absolute Gasteiger partial charge is 0.378 e. The van der Waals surface area contributed by atoms with Crippen molar-refractivity contribution in [3.63, 3.8) is 0 Å². The Hall–Kier alpha value is -1.86. The van der Waals surface area contributed by atoms with E-state index in [1.807, 2.05) is 0 Å². The average molecular weight is 282 g/mol. The Bertz CT molecular complexity index is 565. The smallest absolute Gasteiger partial charge is 0.262 e. The lowest BCUT2D eigenvalue weighted by molar-refractivity contribution is 0.0334. The molecule has 0 aromatic heterocycles. The van der Waals surface area contributed by atoms with Gasteiger partial charge in [-0.05, 0) is 12.1 Å². The molecule has 106 valence electrons. The normalized spacial score (nSPS) is 25.4. The van der Waals surface area contributed by atoms with E-state index in [-0.39, 0.29) is 17.2 Å². The molecule has 0 saturated carbocycles. The van der Waals surface area contributed by atoms with Crippen molar-refractivity contribution < 1.29 is 23.1 Å². The van der Waals surface area contributed by atoms with Gasteiger partial charge in [-0.3, -0.25) is 14.5 Å². The van der Waals surface area contributed by atoms with E-state index < -0.39 is 29.5 Å². The predicted molar refractivity (Wildman–Crippen MR) is 64.3 cm³/mol. The number of hydrogen-bond acceptors (Lipinski definition) is 4. The zero-order valence-electron chi connectivity index (χ0n) is 10.7. The fourth-order valence-electron chi connectivity index (χ4n) is 2.69. The molecule has 2 atom stereocenters. The third kappa shape index (κ3) is 1.74. The first-order chi connectivity index (χ1) is 9.54. The van der Waals surface area contributed by atoms with Gasteiger partial charge in [0.15, 0.2) is 11.6 Å². The molecule has 2 heterocycles. The molecular formula is C13H12F2N2O3. The zero-order valence-corrected chi connectivity index (χ0v) is 10.7. The predicted octanol–water partition coefficient (Wildman–Crippen LogP) is 0.548. The number of methoxy groups -OCH3 is 1. The van der Waals surface area contributed by atoms with Gasteiger partial charge in [-0.1, -0.05) is 0 Å². The van der Waals surface area contributed by atoms with E-state index >= 15 is 0 Å². The molecule has 1 fully saturated rings. The molecule has 0 aliphatic carbocycles. The molecule has 2 amide bonds. The Morgan fingerprint density at radius 3 is 2.20 bits per heavy atom. The maximum Gasteiger partial charge on any atom is 0.262 e. The van der Waals surface area contributed by atoms with Gasteiger partial charge in [0.25, 0.3) is 11.8 Å². The van der Waals surface area contributed by atoms with E-state index in [1.54, 1.807) is 0 Å². The number of carbonyl (C=O) groups excluding carboxylic acids is 2. The highest BCUT2D eigenvalue weighted by molar-refractivity contribution is 6.21. The zero-order chi connectivity index (χ0) is 14.4. The number of nitrogens with one attached hydrogen (secondary N) is 1. The van der Waals surface area contributed by atoms with Gasteiger partial charge in [0.2, 0.25) is 0 Å². The van der Waals surface area contributed by atoms with E-state index in [1.165, 1.54) is 7.11 Å². The molecule has 20 heavy (non-hydrogen) atoms. The number of carbonyl (C=O) groups is 2. The third-order valence-electron chi connectivity index (χ3n) is 3.72. The van der Waals surface area contributed by atoms with Gasteiger partial charge in [-0.15, -0.1) is 0 Å². The first-order valence-corrected chi connectivity index (χ1v) is 6.15. The summed E-state index contributed by atoms with van der Waals surface area (Å²) in [7, 11) is 1.49. The van der Waals surface area contributed by atoms with Crippen LogP contribution in [0.2, 0.25) is 0 Å². The number of fused-ring (bicyclic) bond motifs is 1. The van der Waals surface area contributed by atoms with Gasteiger partial charge in [-0.25, -0.2) is 8.78 Å². The molecule has 0 radical (unpaired) electrons. The molecule has 1 saturated heterocycles. The Morgan fingerprint density at radius 2 is 1.70 bits per heavy atom. The quantitative estimate of drug-likeness (QED) is 0.805. The molecule has 3 rings (SSSR count). The summed E-state index contributed by atoms with van der Waals surface area (Å²) in [6, 6.07) is 1.07. The van der Waals surface area contributed by atoms with Crippen LogP contribution in [0.3, 0.4) is 0 Å². The first-order valence-electron chi connectivity index (χ1n) is 6.15. The summed E-state index contributed by atoms with van der Waals surface area (Å²) in [5.74, 6) is -3.50. The molecule has 0 bridgehead atoms. The molecule has 5 nitrogen and oxygen atoms in total. The number of benzene rings is 1. The Balaban J connectivity index is 2.01. The SMILES string of the molecule is CO[C@H]1CNCC1N1C(=O)c2cc(F)c(F)cc2C1=O. The number of amides is 2. The van der Waals surface area contributed by atoms with E-state index in [0.717, 1.165) is 17.0 Å². The van der Waals surface area contributed by atoms with Crippen molar-refractivity contribution in [3.05, 3.63) is 34.9 Å². The molecule has 1 N–H and O–H groups in total. The van der Waals surface area contributed by atoms with Crippen LogP contribution in [0, 0.1) is 11.6 Å². The molecule has 7 heteroatoms. The van der Waals surface area contributed by atoms with Crippen molar-refractivity contribution in [2.24, 2.45) is 0 Å². The summed E-state index contributed by atoms with van der Waals surface area (Å²) in [5, 5.41) is 3.02. The van der Waals surface area contributed by atoms with Crippen LogP contribution >= 0.6 is 0 Å². The van der Waals surface area contributed by atoms with Crippen molar-refractivity contribution >= 4 is 11.8 Å². The van der Waals surface area contributed by atoms with E-state index in [2.05, 4.69) is 5.32 Å². The highest BCUT2D eigenvalue weighted by atomic mass is 19.2. The van der Waals surface area contributed by atoms with E-state index in [9.17, 15) is 18.4 Å². The molecule has 0 spiro atoms. The second-order valence-corrected chi connectivity index (χ2v) is 4.79. The van der Waals surface area contributed by atoms with Crippen LogP contribution in [0.5, 0.6) is 0 Å². The van der Waals surface area contributed by atoms with E-state index in [0.29, 0.717) is 13.1 Å². The Kier molecular flexibility index (Phi) is 3.02. The number of halogens is 2. The minimum absolute atomic E-state index is 0.101. The number of imide groups is 1. The summed E-state index contributed by atoms with van der Waals surface area (Å²) >= 11 is 0. The minimum Gasteiger partial charge on any atom is -0.378 e. The van der Waals surface area contributed by atoms with Crippen molar-refractivity contribution in [1.82, 2.24) is 10.2 Å². The summed E-state index contributed by atoms with van der Waals surface area (Å²) in [4.78, 5) is 25.5. The van der Waals surface area contributed by atoms with Crippen molar-refractivity contribution in [3.8, 4) is 0 Å². The Morgan fingerprint density at radius 1 is 1.15 bits per heavy atom. The van der Waals surface area contributed by atoms with Gasteiger partial charge >= 0.3 is 0 Å². The number of rotatable bonds is 2. The average Bonchev–Trinajstić information content (AvgIpc) is 2.96. The molecule has 1 unspecified atom stereocenters. The summed E-state index contributed by atoms with van der Waals surface area (Å²) in [6.07, 6.45) is -0.327. The third-order valence-corrected chi connectivity index (χ3v) is 3.72. The molecule has 1 aromatic carbocycles. The minimum atomic E-state index is -1.14. The van der Waals surface area contributed by atoms with Gasteiger partial charge in [-0.2, -0.15) is 0 Å². The van der Waals surface area contributed by atoms with Crippen molar-refractivity contribution in [1.29, 1.82) is 0 Å². The van der Waals surface area contributed by atoms with E-state index in [4.69, 9.17) is 4.74 Å². The number of ether oxygens (including phenoxy) is 1. The molecule has 2 aliphatic rings. The highest BCUT2D eigenvalue weighted by Gasteiger charge is 2.45. The number of hydrogen-bond donors (Lipinski definition) is 1. The maximum atomic E-state index is 13.2. The fourth-order valence-corrected chi connectivity index (χ4v) is 2.69. The van der Waals surface area contributed by atoms with Crippen molar-refractivity contribution in [2.45, 2.75) is 12.1 Å².